The summed E-state index contributed by atoms with van der Waals surface area (Å²) in [6.45, 7) is 0. The van der Waals surface area contributed by atoms with Crippen molar-refractivity contribution >= 4 is 17.3 Å². The minimum absolute atomic E-state index is 0.136. The molecule has 3 aromatic carbocycles. The van der Waals surface area contributed by atoms with E-state index >= 15 is 0 Å². The van der Waals surface area contributed by atoms with Gasteiger partial charge in [0, 0.05) is 27.9 Å². The SMILES string of the molecule is COc1ccc(NC(c2nnc(-c3cccc(F)c3)o2)c2ccc(F)cc2Cl)cc1OC. The molecule has 0 bridgehead atoms. The molecule has 32 heavy (non-hydrogen) atoms. The van der Waals surface area contributed by atoms with Crippen molar-refractivity contribution in [2.75, 3.05) is 19.5 Å². The molecule has 0 saturated heterocycles. The summed E-state index contributed by atoms with van der Waals surface area (Å²) in [5.41, 5.74) is 1.58. The van der Waals surface area contributed by atoms with Crippen LogP contribution in [0, 0.1) is 11.6 Å². The number of aromatic nitrogens is 2. The zero-order valence-corrected chi connectivity index (χ0v) is 17.9. The zero-order chi connectivity index (χ0) is 22.7. The van der Waals surface area contributed by atoms with Gasteiger partial charge in [0.1, 0.15) is 17.7 Å². The summed E-state index contributed by atoms with van der Waals surface area (Å²) in [5.74, 6) is 0.454. The molecular weight excluding hydrogens is 440 g/mol. The highest BCUT2D eigenvalue weighted by Gasteiger charge is 2.24. The molecule has 164 valence electrons. The molecule has 4 rings (SSSR count). The van der Waals surface area contributed by atoms with Crippen LogP contribution in [-0.2, 0) is 0 Å². The average Bonchev–Trinajstić information content (AvgIpc) is 3.28. The van der Waals surface area contributed by atoms with Crippen molar-refractivity contribution in [1.82, 2.24) is 10.2 Å². The molecule has 0 saturated carbocycles. The van der Waals surface area contributed by atoms with Gasteiger partial charge in [0.05, 0.1) is 14.2 Å². The summed E-state index contributed by atoms with van der Waals surface area (Å²) in [6, 6.07) is 14.3. The smallest absolute Gasteiger partial charge is 0.247 e. The van der Waals surface area contributed by atoms with Gasteiger partial charge < -0.3 is 19.2 Å². The molecule has 0 fully saturated rings. The molecule has 0 amide bonds. The number of hydrogen-bond donors (Lipinski definition) is 1. The molecular formula is C23H18ClF2N3O3. The number of anilines is 1. The van der Waals surface area contributed by atoms with Crippen LogP contribution in [0.3, 0.4) is 0 Å². The van der Waals surface area contributed by atoms with Gasteiger partial charge in [-0.1, -0.05) is 23.7 Å². The quantitative estimate of drug-likeness (QED) is 0.373. The van der Waals surface area contributed by atoms with Gasteiger partial charge in [-0.25, -0.2) is 8.78 Å². The first-order chi connectivity index (χ1) is 15.5. The lowest BCUT2D eigenvalue weighted by Gasteiger charge is -2.19. The summed E-state index contributed by atoms with van der Waals surface area (Å²) < 4.78 is 43.7. The van der Waals surface area contributed by atoms with Gasteiger partial charge >= 0.3 is 0 Å². The van der Waals surface area contributed by atoms with E-state index in [1.807, 2.05) is 0 Å². The Labute approximate surface area is 187 Å². The van der Waals surface area contributed by atoms with Crippen LogP contribution >= 0.6 is 11.6 Å². The third-order valence-electron chi connectivity index (χ3n) is 4.73. The van der Waals surface area contributed by atoms with Gasteiger partial charge in [0.2, 0.25) is 11.8 Å². The molecule has 1 N–H and O–H groups in total. The van der Waals surface area contributed by atoms with Crippen LogP contribution in [0.1, 0.15) is 17.5 Å². The van der Waals surface area contributed by atoms with E-state index in [4.69, 9.17) is 25.5 Å². The van der Waals surface area contributed by atoms with Gasteiger partial charge in [0.15, 0.2) is 11.5 Å². The zero-order valence-electron chi connectivity index (χ0n) is 17.1. The first kappa shape index (κ1) is 21.6. The molecule has 1 heterocycles. The second-order valence-corrected chi connectivity index (χ2v) is 7.18. The number of halogens is 3. The van der Waals surface area contributed by atoms with E-state index in [-0.39, 0.29) is 16.8 Å². The van der Waals surface area contributed by atoms with Crippen LogP contribution in [0.25, 0.3) is 11.5 Å². The highest BCUT2D eigenvalue weighted by atomic mass is 35.5. The second-order valence-electron chi connectivity index (χ2n) is 6.77. The van der Waals surface area contributed by atoms with Gasteiger partial charge in [-0.2, -0.15) is 0 Å². The summed E-state index contributed by atoms with van der Waals surface area (Å²) >= 11 is 6.33. The Hall–Kier alpha value is -3.65. The third-order valence-corrected chi connectivity index (χ3v) is 5.05. The predicted octanol–water partition coefficient (Wildman–Crippen LogP) is 5.89. The molecule has 4 aromatic rings. The van der Waals surface area contributed by atoms with Crippen LogP contribution in [0.2, 0.25) is 5.02 Å². The predicted molar refractivity (Wildman–Crippen MR) is 116 cm³/mol. The molecule has 0 radical (unpaired) electrons. The van der Waals surface area contributed by atoms with E-state index in [2.05, 4.69) is 15.5 Å². The largest absolute Gasteiger partial charge is 0.493 e. The van der Waals surface area contributed by atoms with Crippen molar-refractivity contribution in [3.63, 3.8) is 0 Å². The van der Waals surface area contributed by atoms with E-state index < -0.39 is 17.7 Å². The summed E-state index contributed by atoms with van der Waals surface area (Å²) in [5, 5.41) is 11.6. The number of rotatable bonds is 7. The lowest BCUT2D eigenvalue weighted by Crippen LogP contribution is -2.14. The van der Waals surface area contributed by atoms with Gasteiger partial charge in [-0.3, -0.25) is 0 Å². The molecule has 0 aliphatic carbocycles. The summed E-state index contributed by atoms with van der Waals surface area (Å²) in [7, 11) is 3.07. The standard InChI is InChI=1S/C23H18ClF2N3O3/c1-30-19-9-7-16(12-20(19)31-2)27-21(17-8-6-15(26)11-18(17)24)23-29-28-22(32-23)13-4-3-5-14(25)10-13/h3-12,21,27H,1-2H3. The van der Waals surface area contributed by atoms with Crippen LogP contribution in [0.15, 0.2) is 65.1 Å². The van der Waals surface area contributed by atoms with Crippen LogP contribution in [0.4, 0.5) is 14.5 Å². The minimum atomic E-state index is -0.726. The highest BCUT2D eigenvalue weighted by Crippen LogP contribution is 2.36. The molecule has 1 aromatic heterocycles. The van der Waals surface area contributed by atoms with E-state index in [0.29, 0.717) is 28.3 Å². The van der Waals surface area contributed by atoms with Gasteiger partial charge in [0.25, 0.3) is 0 Å². The highest BCUT2D eigenvalue weighted by molar-refractivity contribution is 6.31. The summed E-state index contributed by atoms with van der Waals surface area (Å²) in [6.07, 6.45) is 0. The maximum Gasteiger partial charge on any atom is 0.247 e. The topological polar surface area (TPSA) is 69.4 Å². The van der Waals surface area contributed by atoms with Gasteiger partial charge in [-0.15, -0.1) is 10.2 Å². The van der Waals surface area contributed by atoms with Crippen LogP contribution < -0.4 is 14.8 Å². The molecule has 1 unspecified atom stereocenters. The first-order valence-electron chi connectivity index (χ1n) is 9.51. The Morgan fingerprint density at radius 2 is 1.69 bits per heavy atom. The second kappa shape index (κ2) is 9.23. The number of hydrogen-bond acceptors (Lipinski definition) is 6. The Bertz CT molecular complexity index is 1250. The fraction of sp³-hybridized carbons (Fsp3) is 0.130. The van der Waals surface area contributed by atoms with E-state index in [9.17, 15) is 8.78 Å². The fourth-order valence-electron chi connectivity index (χ4n) is 3.19. The fourth-order valence-corrected chi connectivity index (χ4v) is 3.47. The lowest BCUT2D eigenvalue weighted by molar-refractivity contribution is 0.355. The molecule has 1 atom stereocenters. The number of nitrogens with zero attached hydrogens (tertiary/aromatic N) is 2. The van der Waals surface area contributed by atoms with Crippen molar-refractivity contribution in [2.45, 2.75) is 6.04 Å². The number of methoxy groups -OCH3 is 2. The maximum absolute atomic E-state index is 13.7. The van der Waals surface area contributed by atoms with Crippen molar-refractivity contribution < 1.29 is 22.7 Å². The van der Waals surface area contributed by atoms with Crippen LogP contribution in [0.5, 0.6) is 11.5 Å². The van der Waals surface area contributed by atoms with E-state index in [0.717, 1.165) is 0 Å². The molecule has 0 aliphatic heterocycles. The normalized spacial score (nSPS) is 11.8. The maximum atomic E-state index is 13.7. The van der Waals surface area contributed by atoms with Crippen molar-refractivity contribution in [3.05, 3.63) is 88.8 Å². The first-order valence-corrected chi connectivity index (χ1v) is 9.89. The molecule has 0 aliphatic rings. The molecule has 9 heteroatoms. The summed E-state index contributed by atoms with van der Waals surface area (Å²) in [4.78, 5) is 0. The average molecular weight is 458 g/mol. The minimum Gasteiger partial charge on any atom is -0.493 e. The third kappa shape index (κ3) is 4.50. The lowest BCUT2D eigenvalue weighted by atomic mass is 10.1. The monoisotopic (exact) mass is 457 g/mol. The van der Waals surface area contributed by atoms with E-state index in [1.54, 1.807) is 37.4 Å². The van der Waals surface area contributed by atoms with Crippen LogP contribution in [-0.4, -0.2) is 24.4 Å². The Morgan fingerprint density at radius 1 is 0.906 bits per heavy atom. The van der Waals surface area contributed by atoms with Gasteiger partial charge in [-0.05, 0) is 42.5 Å². The van der Waals surface area contributed by atoms with E-state index in [1.165, 1.54) is 37.4 Å². The Balaban J connectivity index is 1.75. The Morgan fingerprint density at radius 3 is 2.41 bits per heavy atom. The number of ether oxygens (including phenoxy) is 2. The molecule has 6 nitrogen and oxygen atoms in total. The van der Waals surface area contributed by atoms with Crippen molar-refractivity contribution in [3.8, 4) is 23.0 Å². The molecule has 0 spiro atoms. The van der Waals surface area contributed by atoms with Crippen molar-refractivity contribution in [1.29, 1.82) is 0 Å². The van der Waals surface area contributed by atoms with Crippen molar-refractivity contribution in [2.24, 2.45) is 0 Å². The Kier molecular flexibility index (Phi) is 6.23. The number of nitrogens with one attached hydrogen (secondary N) is 1. The number of benzene rings is 3.